The number of carbonyl (C=O) groups excluding carboxylic acids is 5. The Morgan fingerprint density at radius 3 is 2.47 bits per heavy atom. The average molecular weight is 713 g/mol. The molecular formula is C32H47FN5O10S-. The van der Waals surface area contributed by atoms with Crippen molar-refractivity contribution in [1.29, 1.82) is 0 Å². The van der Waals surface area contributed by atoms with Crippen molar-refractivity contribution in [3.8, 4) is 0 Å². The second-order valence-corrected chi connectivity index (χ2v) is 14.0. The van der Waals surface area contributed by atoms with Crippen molar-refractivity contribution in [2.24, 2.45) is 5.92 Å². The summed E-state index contributed by atoms with van der Waals surface area (Å²) in [4.78, 5) is 68.9. The number of alkyl carbamates (subject to hydrolysis) is 1. The Labute approximate surface area is 288 Å². The van der Waals surface area contributed by atoms with Crippen LogP contribution in [0.25, 0.3) is 0 Å². The lowest BCUT2D eigenvalue weighted by molar-refractivity contribution is -0.144. The molecule has 5 amide bonds. The fourth-order valence-electron chi connectivity index (χ4n) is 5.77. The standard InChI is InChI=1S/C32H48FN5O10S/c1-8-25(34-29(42)48-31(4,5)6)27(40)38(16-19(2)47-30(43)37-17-21-11-9-13-24(33)23(21)18-37)20(3)26(39)35-32(28(41)36-49(44)45)15-22(32)12-10-14-46-7/h9,11,13,19-20,22,25H,8,10,12,14-18H2,1-7H3,(H,34,42)(H,35,39)(H,36,41)(H,44,45)/p-1/t19-,20+,22-,25+,32-/m1/s1. The number of hydrogen-bond donors (Lipinski definition) is 3. The summed E-state index contributed by atoms with van der Waals surface area (Å²) in [6.07, 6.45) is -1.32. The fourth-order valence-corrected chi connectivity index (χ4v) is 6.10. The van der Waals surface area contributed by atoms with E-state index >= 15 is 0 Å². The Balaban J connectivity index is 1.82. The molecule has 1 unspecified atom stereocenters. The van der Waals surface area contributed by atoms with E-state index in [0.717, 1.165) is 4.90 Å². The number of halogens is 1. The third kappa shape index (κ3) is 10.6. The van der Waals surface area contributed by atoms with Gasteiger partial charge in [-0.1, -0.05) is 19.1 Å². The van der Waals surface area contributed by atoms with Gasteiger partial charge in [0.05, 0.1) is 13.1 Å². The first kappa shape index (κ1) is 39.6. The molecular weight excluding hydrogens is 665 g/mol. The number of fused-ring (bicyclic) bond motifs is 1. The first-order valence-corrected chi connectivity index (χ1v) is 17.2. The molecule has 1 saturated carbocycles. The number of benzene rings is 1. The molecule has 49 heavy (non-hydrogen) atoms. The number of carbonyl (C=O) groups is 5. The molecule has 274 valence electrons. The quantitative estimate of drug-likeness (QED) is 0.180. The minimum atomic E-state index is -2.93. The summed E-state index contributed by atoms with van der Waals surface area (Å²) < 4.78 is 54.7. The highest BCUT2D eigenvalue weighted by molar-refractivity contribution is 7.77. The largest absolute Gasteiger partial charge is 0.755 e. The zero-order chi connectivity index (χ0) is 36.7. The van der Waals surface area contributed by atoms with Crippen LogP contribution in [0.15, 0.2) is 18.2 Å². The van der Waals surface area contributed by atoms with E-state index < -0.39 is 82.2 Å². The van der Waals surface area contributed by atoms with Crippen molar-refractivity contribution < 1.29 is 51.3 Å². The third-order valence-corrected chi connectivity index (χ3v) is 8.75. The number of rotatable bonds is 15. The van der Waals surface area contributed by atoms with E-state index in [1.54, 1.807) is 39.8 Å². The van der Waals surface area contributed by atoms with Crippen LogP contribution in [-0.4, -0.2) is 98.1 Å². The molecule has 0 aromatic heterocycles. The molecule has 15 nitrogen and oxygen atoms in total. The van der Waals surface area contributed by atoms with Gasteiger partial charge in [0, 0.05) is 37.1 Å². The van der Waals surface area contributed by atoms with Crippen LogP contribution in [0.3, 0.4) is 0 Å². The predicted molar refractivity (Wildman–Crippen MR) is 173 cm³/mol. The van der Waals surface area contributed by atoms with Gasteiger partial charge in [0.15, 0.2) is 0 Å². The summed E-state index contributed by atoms with van der Waals surface area (Å²) in [5.74, 6) is -3.21. The maximum Gasteiger partial charge on any atom is 0.410 e. The summed E-state index contributed by atoms with van der Waals surface area (Å²) in [6, 6.07) is 2.14. The minimum absolute atomic E-state index is 0.00340. The molecule has 3 N–H and O–H groups in total. The van der Waals surface area contributed by atoms with Crippen LogP contribution in [-0.2, 0) is 53.0 Å². The van der Waals surface area contributed by atoms with Gasteiger partial charge in [0.25, 0.3) is 5.91 Å². The summed E-state index contributed by atoms with van der Waals surface area (Å²) >= 11 is -2.93. The number of ether oxygens (including phenoxy) is 3. The SMILES string of the molecule is CC[C@H](NC(=O)OC(C)(C)C)C(=O)N(C[C@@H](C)OC(=O)N1Cc2cccc(F)c2C1)[C@@H](C)C(=O)N[C@]1(C(=O)NS(=O)[O-])C[C@H]1CCCOC. The molecule has 1 aromatic carbocycles. The Bertz CT molecular complexity index is 1420. The van der Waals surface area contributed by atoms with Crippen molar-refractivity contribution in [2.75, 3.05) is 20.3 Å². The van der Waals surface area contributed by atoms with Crippen LogP contribution in [0.4, 0.5) is 14.0 Å². The molecule has 1 aliphatic carbocycles. The van der Waals surface area contributed by atoms with E-state index in [4.69, 9.17) is 14.2 Å². The lowest BCUT2D eigenvalue weighted by atomic mass is 10.1. The summed E-state index contributed by atoms with van der Waals surface area (Å²) in [5, 5.41) is 5.19. The summed E-state index contributed by atoms with van der Waals surface area (Å²) in [6.45, 7) is 9.76. The van der Waals surface area contributed by atoms with E-state index in [1.165, 1.54) is 31.9 Å². The first-order valence-electron chi connectivity index (χ1n) is 16.2. The van der Waals surface area contributed by atoms with E-state index in [0.29, 0.717) is 30.6 Å². The van der Waals surface area contributed by atoms with Gasteiger partial charge >= 0.3 is 12.2 Å². The third-order valence-electron chi connectivity index (χ3n) is 8.40. The zero-order valence-electron chi connectivity index (χ0n) is 29.0. The smallest absolute Gasteiger partial charge is 0.410 e. The van der Waals surface area contributed by atoms with Crippen molar-refractivity contribution in [1.82, 2.24) is 25.2 Å². The molecule has 0 saturated heterocycles. The van der Waals surface area contributed by atoms with Crippen molar-refractivity contribution in [2.45, 2.75) is 110 Å². The van der Waals surface area contributed by atoms with Gasteiger partial charge in [-0.3, -0.25) is 28.2 Å². The van der Waals surface area contributed by atoms with E-state index in [9.17, 15) is 37.1 Å². The molecule has 3 rings (SSSR count). The van der Waals surface area contributed by atoms with E-state index in [-0.39, 0.29) is 32.5 Å². The van der Waals surface area contributed by atoms with Gasteiger partial charge in [0.1, 0.15) is 35.1 Å². The highest BCUT2D eigenvalue weighted by atomic mass is 32.2. The number of hydrogen-bond acceptors (Lipinski definition) is 10. The topological polar surface area (TPSA) is 196 Å². The maximum absolute atomic E-state index is 14.3. The van der Waals surface area contributed by atoms with Crippen LogP contribution >= 0.6 is 0 Å². The normalized spacial score (nSPS) is 20.6. The Morgan fingerprint density at radius 1 is 1.18 bits per heavy atom. The highest BCUT2D eigenvalue weighted by Crippen LogP contribution is 2.47. The first-order chi connectivity index (χ1) is 22.9. The van der Waals surface area contributed by atoms with Crippen molar-refractivity contribution >= 4 is 41.2 Å². The van der Waals surface area contributed by atoms with Gasteiger partial charge in [-0.15, -0.1) is 0 Å². The van der Waals surface area contributed by atoms with Gasteiger partial charge in [-0.2, -0.15) is 0 Å². The Morgan fingerprint density at radius 2 is 1.88 bits per heavy atom. The monoisotopic (exact) mass is 712 g/mol. The van der Waals surface area contributed by atoms with Crippen molar-refractivity contribution in [3.63, 3.8) is 0 Å². The molecule has 1 fully saturated rings. The number of methoxy groups -OCH3 is 1. The molecule has 0 bridgehead atoms. The second kappa shape index (κ2) is 16.7. The van der Waals surface area contributed by atoms with Crippen LogP contribution in [0, 0.1) is 11.7 Å². The lowest BCUT2D eigenvalue weighted by Gasteiger charge is -2.34. The van der Waals surface area contributed by atoms with Crippen molar-refractivity contribution in [3.05, 3.63) is 35.1 Å². The molecule has 1 heterocycles. The molecule has 0 spiro atoms. The Hall–Kier alpha value is -3.83. The minimum Gasteiger partial charge on any atom is -0.755 e. The highest BCUT2D eigenvalue weighted by Gasteiger charge is 2.61. The number of nitrogens with zero attached hydrogens (tertiary/aromatic N) is 2. The van der Waals surface area contributed by atoms with Crippen LogP contribution in [0.5, 0.6) is 0 Å². The van der Waals surface area contributed by atoms with E-state index in [2.05, 4.69) is 10.6 Å². The number of nitrogens with one attached hydrogen (secondary N) is 3. The van der Waals surface area contributed by atoms with Gasteiger partial charge < -0.3 is 34.3 Å². The van der Waals surface area contributed by atoms with Crippen LogP contribution < -0.4 is 15.4 Å². The predicted octanol–water partition coefficient (Wildman–Crippen LogP) is 2.40. The fraction of sp³-hybridized carbons (Fsp3) is 0.656. The second-order valence-electron chi connectivity index (χ2n) is 13.4. The van der Waals surface area contributed by atoms with Gasteiger partial charge in [0.2, 0.25) is 11.8 Å². The van der Waals surface area contributed by atoms with Crippen LogP contribution in [0.2, 0.25) is 0 Å². The molecule has 0 radical (unpaired) electrons. The van der Waals surface area contributed by atoms with Gasteiger partial charge in [-0.05, 0) is 77.8 Å². The molecule has 17 heteroatoms. The molecule has 2 aliphatic rings. The molecule has 1 aromatic rings. The molecule has 1 aliphatic heterocycles. The van der Waals surface area contributed by atoms with Crippen LogP contribution in [0.1, 0.15) is 78.4 Å². The number of amides is 5. The lowest BCUT2D eigenvalue weighted by Crippen LogP contribution is -2.60. The summed E-state index contributed by atoms with van der Waals surface area (Å²) in [7, 11) is 1.52. The molecule has 6 atom stereocenters. The van der Waals surface area contributed by atoms with Gasteiger partial charge in [-0.25, -0.2) is 14.0 Å². The Kier molecular flexibility index (Phi) is 13.5. The average Bonchev–Trinajstić information content (AvgIpc) is 3.51. The maximum atomic E-state index is 14.3. The van der Waals surface area contributed by atoms with E-state index in [1.807, 2.05) is 4.72 Å². The summed E-state index contributed by atoms with van der Waals surface area (Å²) in [5.41, 5.74) is -1.37. The zero-order valence-corrected chi connectivity index (χ0v) is 29.8.